The maximum absolute atomic E-state index is 12.4. The average Bonchev–Trinajstić information content (AvgIpc) is 3.07. The molecule has 0 bridgehead atoms. The van der Waals surface area contributed by atoms with Gasteiger partial charge in [-0.25, -0.2) is 0 Å². The highest BCUT2D eigenvalue weighted by molar-refractivity contribution is 5.82. The lowest BCUT2D eigenvalue weighted by atomic mass is 9.92. The molecule has 3 atom stereocenters. The zero-order valence-corrected chi connectivity index (χ0v) is 12.5. The SMILES string of the molecule is CC1CCNC1C(=O)NC1CCCc2c1cnn2CCO. The zero-order chi connectivity index (χ0) is 14.8. The summed E-state index contributed by atoms with van der Waals surface area (Å²) >= 11 is 0. The summed E-state index contributed by atoms with van der Waals surface area (Å²) in [5, 5.41) is 19.9. The summed E-state index contributed by atoms with van der Waals surface area (Å²) in [5.74, 6) is 0.498. The number of nitrogens with zero attached hydrogens (tertiary/aromatic N) is 2. The number of aliphatic hydroxyl groups is 1. The van der Waals surface area contributed by atoms with Crippen molar-refractivity contribution >= 4 is 5.91 Å². The number of aliphatic hydroxyl groups excluding tert-OH is 1. The van der Waals surface area contributed by atoms with Gasteiger partial charge in [0.15, 0.2) is 0 Å². The minimum atomic E-state index is -0.0668. The Kier molecular flexibility index (Phi) is 4.26. The monoisotopic (exact) mass is 292 g/mol. The molecule has 3 rings (SSSR count). The predicted octanol–water partition coefficient (Wildman–Crippen LogP) is 0.367. The standard InChI is InChI=1S/C15H24N4O2/c1-10-5-6-16-14(10)15(21)18-12-3-2-4-13-11(12)9-17-19(13)7-8-20/h9-10,12,14,16,20H,2-8H2,1H3,(H,18,21). The summed E-state index contributed by atoms with van der Waals surface area (Å²) in [6, 6.07) is -0.00819. The summed E-state index contributed by atoms with van der Waals surface area (Å²) in [6.45, 7) is 3.66. The molecule has 1 aliphatic carbocycles. The molecule has 1 fully saturated rings. The van der Waals surface area contributed by atoms with Gasteiger partial charge in [0.05, 0.1) is 31.4 Å². The van der Waals surface area contributed by atoms with E-state index in [0.717, 1.165) is 43.5 Å². The molecule has 116 valence electrons. The van der Waals surface area contributed by atoms with Crippen molar-refractivity contribution in [2.45, 2.75) is 51.2 Å². The highest BCUT2D eigenvalue weighted by atomic mass is 16.3. The summed E-state index contributed by atoms with van der Waals surface area (Å²) in [4.78, 5) is 12.4. The summed E-state index contributed by atoms with van der Waals surface area (Å²) in [5.41, 5.74) is 2.28. The summed E-state index contributed by atoms with van der Waals surface area (Å²) < 4.78 is 1.87. The van der Waals surface area contributed by atoms with Gasteiger partial charge in [-0.3, -0.25) is 9.48 Å². The Bertz CT molecular complexity index is 514. The van der Waals surface area contributed by atoms with Gasteiger partial charge in [-0.15, -0.1) is 0 Å². The van der Waals surface area contributed by atoms with Crippen molar-refractivity contribution in [3.63, 3.8) is 0 Å². The molecule has 3 N–H and O–H groups in total. The summed E-state index contributed by atoms with van der Waals surface area (Å²) in [6.07, 6.45) is 5.89. The van der Waals surface area contributed by atoms with E-state index in [1.807, 2.05) is 10.9 Å². The van der Waals surface area contributed by atoms with E-state index in [1.165, 1.54) is 0 Å². The number of hydrogen-bond donors (Lipinski definition) is 3. The van der Waals surface area contributed by atoms with Gasteiger partial charge < -0.3 is 15.7 Å². The predicted molar refractivity (Wildman–Crippen MR) is 78.7 cm³/mol. The molecule has 0 aromatic carbocycles. The van der Waals surface area contributed by atoms with Crippen molar-refractivity contribution in [3.05, 3.63) is 17.5 Å². The van der Waals surface area contributed by atoms with Crippen LogP contribution in [0, 0.1) is 5.92 Å². The lowest BCUT2D eigenvalue weighted by molar-refractivity contribution is -0.124. The third kappa shape index (κ3) is 2.82. The van der Waals surface area contributed by atoms with Crippen LogP contribution in [0.4, 0.5) is 0 Å². The average molecular weight is 292 g/mol. The molecular weight excluding hydrogens is 268 g/mol. The molecule has 6 nitrogen and oxygen atoms in total. The fourth-order valence-corrected chi connectivity index (χ4v) is 3.50. The zero-order valence-electron chi connectivity index (χ0n) is 12.5. The normalized spacial score (nSPS) is 28.4. The van der Waals surface area contributed by atoms with E-state index in [2.05, 4.69) is 22.7 Å². The number of rotatable bonds is 4. The minimum Gasteiger partial charge on any atom is -0.394 e. The fourth-order valence-electron chi connectivity index (χ4n) is 3.50. The number of carbonyl (C=O) groups is 1. The number of amides is 1. The van der Waals surface area contributed by atoms with E-state index in [0.29, 0.717) is 12.5 Å². The van der Waals surface area contributed by atoms with Crippen LogP contribution in [0.15, 0.2) is 6.20 Å². The highest BCUT2D eigenvalue weighted by Gasteiger charge is 2.32. The van der Waals surface area contributed by atoms with E-state index in [1.54, 1.807) is 0 Å². The molecule has 2 heterocycles. The topological polar surface area (TPSA) is 79.2 Å². The van der Waals surface area contributed by atoms with Crippen molar-refractivity contribution in [3.8, 4) is 0 Å². The van der Waals surface area contributed by atoms with Crippen LogP contribution < -0.4 is 10.6 Å². The van der Waals surface area contributed by atoms with Gasteiger partial charge in [0, 0.05) is 11.3 Å². The van der Waals surface area contributed by atoms with Crippen molar-refractivity contribution < 1.29 is 9.90 Å². The third-order valence-electron chi connectivity index (χ3n) is 4.71. The van der Waals surface area contributed by atoms with Crippen LogP contribution in [0.25, 0.3) is 0 Å². The lowest BCUT2D eigenvalue weighted by Gasteiger charge is -2.26. The van der Waals surface area contributed by atoms with Gasteiger partial charge in [-0.2, -0.15) is 5.10 Å². The van der Waals surface area contributed by atoms with Gasteiger partial charge in [-0.05, 0) is 38.1 Å². The second-order valence-corrected chi connectivity index (χ2v) is 6.14. The molecule has 0 saturated carbocycles. The Hall–Kier alpha value is -1.40. The fraction of sp³-hybridized carbons (Fsp3) is 0.733. The van der Waals surface area contributed by atoms with Crippen LogP contribution in [-0.4, -0.2) is 40.0 Å². The maximum atomic E-state index is 12.4. The van der Waals surface area contributed by atoms with Crippen LogP contribution >= 0.6 is 0 Å². The second-order valence-electron chi connectivity index (χ2n) is 6.14. The first-order valence-corrected chi connectivity index (χ1v) is 7.90. The van der Waals surface area contributed by atoms with Crippen LogP contribution in [0.1, 0.15) is 43.5 Å². The molecule has 6 heteroatoms. The molecule has 0 radical (unpaired) electrons. The van der Waals surface area contributed by atoms with Crippen LogP contribution in [0.5, 0.6) is 0 Å². The molecule has 21 heavy (non-hydrogen) atoms. The van der Waals surface area contributed by atoms with Gasteiger partial charge in [0.25, 0.3) is 0 Å². The van der Waals surface area contributed by atoms with Crippen LogP contribution in [0.2, 0.25) is 0 Å². The Morgan fingerprint density at radius 2 is 2.43 bits per heavy atom. The molecule has 1 saturated heterocycles. The third-order valence-corrected chi connectivity index (χ3v) is 4.71. The second kappa shape index (κ2) is 6.15. The first kappa shape index (κ1) is 14.5. The number of carbonyl (C=O) groups excluding carboxylic acids is 1. The number of nitrogens with one attached hydrogen (secondary N) is 2. The van der Waals surface area contributed by atoms with Gasteiger partial charge in [-0.1, -0.05) is 6.92 Å². The van der Waals surface area contributed by atoms with Crippen molar-refractivity contribution in [1.29, 1.82) is 0 Å². The largest absolute Gasteiger partial charge is 0.394 e. The Balaban J connectivity index is 1.72. The van der Waals surface area contributed by atoms with Crippen molar-refractivity contribution in [2.24, 2.45) is 5.92 Å². The highest BCUT2D eigenvalue weighted by Crippen LogP contribution is 2.30. The molecule has 1 aromatic rings. The van der Waals surface area contributed by atoms with Crippen molar-refractivity contribution in [2.75, 3.05) is 13.2 Å². The number of aromatic nitrogens is 2. The van der Waals surface area contributed by atoms with Gasteiger partial charge >= 0.3 is 0 Å². The van der Waals surface area contributed by atoms with E-state index < -0.39 is 0 Å². The number of hydrogen-bond acceptors (Lipinski definition) is 4. The Morgan fingerprint density at radius 1 is 1.57 bits per heavy atom. The smallest absolute Gasteiger partial charge is 0.237 e. The van der Waals surface area contributed by atoms with Gasteiger partial charge in [0.1, 0.15) is 0 Å². The summed E-state index contributed by atoms with van der Waals surface area (Å²) in [7, 11) is 0. The van der Waals surface area contributed by atoms with Crippen molar-refractivity contribution in [1.82, 2.24) is 20.4 Å². The quantitative estimate of drug-likeness (QED) is 0.749. The van der Waals surface area contributed by atoms with Crippen LogP contribution in [0.3, 0.4) is 0 Å². The Morgan fingerprint density at radius 3 is 3.14 bits per heavy atom. The Labute approximate surface area is 124 Å². The molecule has 1 amide bonds. The lowest BCUT2D eigenvalue weighted by Crippen LogP contribution is -2.45. The minimum absolute atomic E-state index is 0.0586. The molecule has 1 aromatic heterocycles. The molecule has 3 unspecified atom stereocenters. The molecule has 1 aliphatic heterocycles. The maximum Gasteiger partial charge on any atom is 0.237 e. The van der Waals surface area contributed by atoms with E-state index >= 15 is 0 Å². The van der Waals surface area contributed by atoms with E-state index in [4.69, 9.17) is 5.11 Å². The van der Waals surface area contributed by atoms with Crippen LogP contribution in [-0.2, 0) is 17.8 Å². The molecule has 0 spiro atoms. The molecule has 2 aliphatic rings. The number of fused-ring (bicyclic) bond motifs is 1. The van der Waals surface area contributed by atoms with E-state index in [-0.39, 0.29) is 24.6 Å². The first-order valence-electron chi connectivity index (χ1n) is 7.90. The first-order chi connectivity index (χ1) is 10.2. The van der Waals surface area contributed by atoms with Gasteiger partial charge in [0.2, 0.25) is 5.91 Å². The van der Waals surface area contributed by atoms with E-state index in [9.17, 15) is 4.79 Å². The molecular formula is C15H24N4O2.